The molecule has 2 aliphatic carbocycles. The van der Waals surface area contributed by atoms with Gasteiger partial charge >= 0.3 is 0 Å². The lowest BCUT2D eigenvalue weighted by molar-refractivity contribution is -0.121. The average molecular weight is 321 g/mol. The van der Waals surface area contributed by atoms with Crippen LogP contribution in [0.25, 0.3) is 0 Å². The number of thiazole rings is 1. The highest BCUT2D eigenvalue weighted by Gasteiger charge is 2.30. The number of hydrogen-bond acceptors (Lipinski definition) is 4. The molecule has 3 rings (SSSR count). The Labute approximate surface area is 134 Å². The number of carbonyl (C=O) groups excluding carboxylic acids is 2. The molecular weight excluding hydrogens is 298 g/mol. The van der Waals surface area contributed by atoms with E-state index in [1.807, 2.05) is 5.38 Å². The van der Waals surface area contributed by atoms with Crippen molar-refractivity contribution in [3.63, 3.8) is 0 Å². The van der Waals surface area contributed by atoms with Crippen LogP contribution in [0, 0.1) is 11.8 Å². The van der Waals surface area contributed by atoms with Gasteiger partial charge in [0, 0.05) is 17.3 Å². The maximum Gasteiger partial charge on any atom is 0.229 e. The number of nitrogens with zero attached hydrogens (tertiary/aromatic N) is 1. The molecule has 1 aromatic heterocycles. The Morgan fingerprint density at radius 1 is 1.27 bits per heavy atom. The monoisotopic (exact) mass is 321 g/mol. The van der Waals surface area contributed by atoms with Gasteiger partial charge in [0.2, 0.25) is 11.8 Å². The van der Waals surface area contributed by atoms with Crippen LogP contribution >= 0.6 is 11.3 Å². The van der Waals surface area contributed by atoms with Crippen molar-refractivity contribution in [3.05, 3.63) is 11.1 Å². The van der Waals surface area contributed by atoms with Gasteiger partial charge < -0.3 is 10.6 Å². The van der Waals surface area contributed by atoms with Crippen LogP contribution in [-0.4, -0.2) is 22.8 Å². The van der Waals surface area contributed by atoms with E-state index in [1.54, 1.807) is 0 Å². The van der Waals surface area contributed by atoms with Crippen molar-refractivity contribution in [1.29, 1.82) is 0 Å². The number of carbonyl (C=O) groups is 2. The Balaban J connectivity index is 1.48. The number of rotatable bonds is 5. The summed E-state index contributed by atoms with van der Waals surface area (Å²) < 4.78 is 0. The molecule has 0 radical (unpaired) electrons. The summed E-state index contributed by atoms with van der Waals surface area (Å²) in [7, 11) is 0. The smallest absolute Gasteiger partial charge is 0.229 e. The molecule has 0 spiro atoms. The van der Waals surface area contributed by atoms with E-state index in [-0.39, 0.29) is 17.7 Å². The second-order valence-electron chi connectivity index (χ2n) is 6.52. The van der Waals surface area contributed by atoms with E-state index < -0.39 is 0 Å². The number of anilines is 1. The second kappa shape index (κ2) is 6.77. The summed E-state index contributed by atoms with van der Waals surface area (Å²) >= 11 is 1.39. The van der Waals surface area contributed by atoms with E-state index in [0.29, 0.717) is 23.5 Å². The first kappa shape index (κ1) is 15.5. The summed E-state index contributed by atoms with van der Waals surface area (Å²) in [6, 6.07) is 0.300. The SMILES string of the molecule is C[C@H]1CCCC[C@@H]1NC(=O)Cc1csc(NC(=O)C2CC2)n1. The molecule has 0 bridgehead atoms. The minimum atomic E-state index is 0.0316. The van der Waals surface area contributed by atoms with Gasteiger partial charge in [0.25, 0.3) is 0 Å². The first-order valence-electron chi connectivity index (χ1n) is 8.16. The lowest BCUT2D eigenvalue weighted by Crippen LogP contribution is -2.41. The van der Waals surface area contributed by atoms with Crippen molar-refractivity contribution < 1.29 is 9.59 Å². The molecule has 0 unspecified atom stereocenters. The molecule has 1 heterocycles. The van der Waals surface area contributed by atoms with E-state index in [0.717, 1.165) is 25.0 Å². The minimum absolute atomic E-state index is 0.0316. The fraction of sp³-hybridized carbons (Fsp3) is 0.688. The Bertz CT molecular complexity index is 553. The van der Waals surface area contributed by atoms with Gasteiger partial charge in [-0.25, -0.2) is 4.98 Å². The van der Waals surface area contributed by atoms with Crippen LogP contribution in [0.1, 0.15) is 51.1 Å². The van der Waals surface area contributed by atoms with Crippen molar-refractivity contribution in [2.75, 3.05) is 5.32 Å². The fourth-order valence-electron chi connectivity index (χ4n) is 2.95. The highest BCUT2D eigenvalue weighted by Crippen LogP contribution is 2.30. The number of hydrogen-bond donors (Lipinski definition) is 2. The maximum atomic E-state index is 12.1. The van der Waals surface area contributed by atoms with Gasteiger partial charge in [-0.2, -0.15) is 0 Å². The predicted octanol–water partition coefficient (Wildman–Crippen LogP) is 2.73. The van der Waals surface area contributed by atoms with Crippen LogP contribution in [0.2, 0.25) is 0 Å². The molecule has 2 saturated carbocycles. The maximum absolute atomic E-state index is 12.1. The fourth-order valence-corrected chi connectivity index (χ4v) is 3.66. The molecule has 0 aliphatic heterocycles. The van der Waals surface area contributed by atoms with Crippen LogP contribution in [0.4, 0.5) is 5.13 Å². The third-order valence-corrected chi connectivity index (χ3v) is 5.34. The van der Waals surface area contributed by atoms with E-state index in [4.69, 9.17) is 0 Å². The van der Waals surface area contributed by atoms with Gasteiger partial charge in [-0.1, -0.05) is 19.8 Å². The quantitative estimate of drug-likeness (QED) is 0.876. The van der Waals surface area contributed by atoms with E-state index >= 15 is 0 Å². The Hall–Kier alpha value is -1.43. The summed E-state index contributed by atoms with van der Waals surface area (Å²) in [6.45, 7) is 2.21. The molecule has 22 heavy (non-hydrogen) atoms. The molecule has 0 saturated heterocycles. The van der Waals surface area contributed by atoms with E-state index in [1.165, 1.54) is 30.6 Å². The predicted molar refractivity (Wildman–Crippen MR) is 86.7 cm³/mol. The first-order valence-corrected chi connectivity index (χ1v) is 9.04. The normalized spacial score (nSPS) is 24.8. The summed E-state index contributed by atoms with van der Waals surface area (Å²) in [4.78, 5) is 28.2. The molecule has 2 amide bonds. The van der Waals surface area contributed by atoms with Crippen LogP contribution in [0.15, 0.2) is 5.38 Å². The lowest BCUT2D eigenvalue weighted by atomic mass is 9.86. The summed E-state index contributed by atoms with van der Waals surface area (Å²) in [5, 5.41) is 8.41. The molecule has 0 aromatic carbocycles. The van der Waals surface area contributed by atoms with Crippen LogP contribution < -0.4 is 10.6 Å². The number of nitrogens with one attached hydrogen (secondary N) is 2. The largest absolute Gasteiger partial charge is 0.353 e. The Morgan fingerprint density at radius 3 is 2.77 bits per heavy atom. The first-order chi connectivity index (χ1) is 10.6. The van der Waals surface area contributed by atoms with Crippen molar-refractivity contribution in [2.24, 2.45) is 11.8 Å². The third kappa shape index (κ3) is 4.06. The minimum Gasteiger partial charge on any atom is -0.353 e. The highest BCUT2D eigenvalue weighted by molar-refractivity contribution is 7.13. The average Bonchev–Trinajstić information content (AvgIpc) is 3.25. The van der Waals surface area contributed by atoms with Crippen molar-refractivity contribution in [1.82, 2.24) is 10.3 Å². The summed E-state index contributed by atoms with van der Waals surface area (Å²) in [5.41, 5.74) is 0.733. The van der Waals surface area contributed by atoms with Gasteiger partial charge in [-0.05, 0) is 31.6 Å². The van der Waals surface area contributed by atoms with Gasteiger partial charge in [0.1, 0.15) is 0 Å². The van der Waals surface area contributed by atoms with E-state index in [2.05, 4.69) is 22.5 Å². The van der Waals surface area contributed by atoms with Crippen LogP contribution in [-0.2, 0) is 16.0 Å². The topological polar surface area (TPSA) is 71.1 Å². The second-order valence-corrected chi connectivity index (χ2v) is 7.38. The van der Waals surface area contributed by atoms with Crippen molar-refractivity contribution >= 4 is 28.3 Å². The summed E-state index contributed by atoms with van der Waals surface area (Å²) in [5.74, 6) is 0.815. The molecular formula is C16H23N3O2S. The molecule has 1 aromatic rings. The van der Waals surface area contributed by atoms with Crippen LogP contribution in [0.3, 0.4) is 0 Å². The molecule has 2 N–H and O–H groups in total. The molecule has 120 valence electrons. The molecule has 5 nitrogen and oxygen atoms in total. The number of aromatic nitrogens is 1. The molecule has 2 aliphatic rings. The number of amides is 2. The molecule has 2 fully saturated rings. The molecule has 2 atom stereocenters. The third-order valence-electron chi connectivity index (χ3n) is 4.53. The highest BCUT2D eigenvalue weighted by atomic mass is 32.1. The zero-order valence-electron chi connectivity index (χ0n) is 12.9. The van der Waals surface area contributed by atoms with E-state index in [9.17, 15) is 9.59 Å². The lowest BCUT2D eigenvalue weighted by Gasteiger charge is -2.29. The standard InChI is InChI=1S/C16H23N3O2S/c1-10-4-2-3-5-13(10)18-14(20)8-12-9-22-16(17-12)19-15(21)11-6-7-11/h9-11,13H,2-8H2,1H3,(H,18,20)(H,17,19,21)/t10-,13-/m0/s1. The Morgan fingerprint density at radius 2 is 2.05 bits per heavy atom. The van der Waals surface area contributed by atoms with Gasteiger partial charge in [0.15, 0.2) is 5.13 Å². The van der Waals surface area contributed by atoms with Gasteiger partial charge in [-0.15, -0.1) is 11.3 Å². The van der Waals surface area contributed by atoms with Crippen molar-refractivity contribution in [2.45, 2.75) is 57.9 Å². The Kier molecular flexibility index (Phi) is 4.76. The zero-order chi connectivity index (χ0) is 15.5. The van der Waals surface area contributed by atoms with Crippen molar-refractivity contribution in [3.8, 4) is 0 Å². The molecule has 6 heteroatoms. The van der Waals surface area contributed by atoms with Gasteiger partial charge in [-0.3, -0.25) is 9.59 Å². The van der Waals surface area contributed by atoms with Crippen LogP contribution in [0.5, 0.6) is 0 Å². The summed E-state index contributed by atoms with van der Waals surface area (Å²) in [6.07, 6.45) is 6.98. The zero-order valence-corrected chi connectivity index (χ0v) is 13.7. The van der Waals surface area contributed by atoms with Gasteiger partial charge in [0.05, 0.1) is 12.1 Å².